The highest BCUT2D eigenvalue weighted by atomic mass is 127. The Bertz CT molecular complexity index is 771. The van der Waals surface area contributed by atoms with Crippen LogP contribution < -0.4 is 15.8 Å². The van der Waals surface area contributed by atoms with Gasteiger partial charge in [0.05, 0.1) is 0 Å². The number of primary amides is 1. The lowest BCUT2D eigenvalue weighted by molar-refractivity contribution is 0.0972. The molecule has 0 atom stereocenters. The van der Waals surface area contributed by atoms with Crippen LogP contribution in [0.4, 0.5) is 0 Å². The first-order valence-electron chi connectivity index (χ1n) is 9.29. The van der Waals surface area contributed by atoms with E-state index in [4.69, 9.17) is 14.9 Å². The summed E-state index contributed by atoms with van der Waals surface area (Å²) in [6, 6.07) is 13.2. The third kappa shape index (κ3) is 6.15. The number of nitrogens with zero attached hydrogens (tertiary/aromatic N) is 2. The number of para-hydroxylation sites is 1. The van der Waals surface area contributed by atoms with Gasteiger partial charge in [0, 0.05) is 32.5 Å². The zero-order valence-electron chi connectivity index (χ0n) is 16.0. The Balaban J connectivity index is 0.00000280. The van der Waals surface area contributed by atoms with E-state index in [0.717, 1.165) is 44.2 Å². The Labute approximate surface area is 182 Å². The summed E-state index contributed by atoms with van der Waals surface area (Å²) in [6.45, 7) is 4.92. The molecule has 1 amide bonds. The predicted molar refractivity (Wildman–Crippen MR) is 119 cm³/mol. The molecule has 0 unspecified atom stereocenters. The monoisotopic (exact) mass is 498 g/mol. The predicted octanol–water partition coefficient (Wildman–Crippen LogP) is 3.01. The maximum atomic E-state index is 11.1. The first-order valence-corrected chi connectivity index (χ1v) is 9.29. The molecule has 0 spiro atoms. The van der Waals surface area contributed by atoms with Crippen molar-refractivity contribution in [2.75, 3.05) is 19.6 Å². The number of ether oxygens (including phenoxy) is 1. The van der Waals surface area contributed by atoms with E-state index in [1.54, 1.807) is 12.1 Å². The SMILES string of the molecule is CCNC(=NCc1ccc(C(N)=O)o1)N1CCC(Oc2ccccc2)CC1.I. The topological polar surface area (TPSA) is 93.1 Å². The zero-order valence-corrected chi connectivity index (χ0v) is 18.3. The summed E-state index contributed by atoms with van der Waals surface area (Å²) >= 11 is 0. The van der Waals surface area contributed by atoms with Crippen LogP contribution in [0.15, 0.2) is 51.9 Å². The first kappa shape index (κ1) is 22.1. The van der Waals surface area contributed by atoms with Crippen molar-refractivity contribution in [2.45, 2.75) is 32.4 Å². The molecule has 7 nitrogen and oxygen atoms in total. The number of guanidine groups is 1. The maximum absolute atomic E-state index is 11.1. The quantitative estimate of drug-likeness (QED) is 0.363. The van der Waals surface area contributed by atoms with Crippen molar-refractivity contribution >= 4 is 35.8 Å². The summed E-state index contributed by atoms with van der Waals surface area (Å²) in [4.78, 5) is 18.0. The van der Waals surface area contributed by atoms with Crippen LogP contribution in [0.3, 0.4) is 0 Å². The summed E-state index contributed by atoms with van der Waals surface area (Å²) in [5, 5.41) is 3.32. The van der Waals surface area contributed by atoms with Gasteiger partial charge in [-0.3, -0.25) is 4.79 Å². The van der Waals surface area contributed by atoms with E-state index in [1.165, 1.54) is 0 Å². The fourth-order valence-corrected chi connectivity index (χ4v) is 3.05. The normalized spacial score (nSPS) is 15.0. The molecule has 8 heteroatoms. The largest absolute Gasteiger partial charge is 0.490 e. The van der Waals surface area contributed by atoms with Gasteiger partial charge >= 0.3 is 0 Å². The molecule has 1 fully saturated rings. The second-order valence-electron chi connectivity index (χ2n) is 6.42. The van der Waals surface area contributed by atoms with Crippen LogP contribution in [-0.4, -0.2) is 42.5 Å². The fourth-order valence-electron chi connectivity index (χ4n) is 3.05. The molecule has 152 valence electrons. The number of halogens is 1. The van der Waals surface area contributed by atoms with Gasteiger partial charge in [-0.15, -0.1) is 24.0 Å². The number of hydrogen-bond donors (Lipinski definition) is 2. The van der Waals surface area contributed by atoms with E-state index < -0.39 is 5.91 Å². The minimum absolute atomic E-state index is 0. The molecule has 1 aromatic heterocycles. The number of furan rings is 1. The Hall–Kier alpha value is -2.23. The van der Waals surface area contributed by atoms with Crippen LogP contribution in [0.5, 0.6) is 5.75 Å². The van der Waals surface area contributed by atoms with Crippen molar-refractivity contribution in [2.24, 2.45) is 10.7 Å². The number of nitrogens with two attached hydrogens (primary N) is 1. The number of carbonyl (C=O) groups excluding carboxylic acids is 1. The van der Waals surface area contributed by atoms with Crippen LogP contribution >= 0.6 is 24.0 Å². The standard InChI is InChI=1S/C20H26N4O3.HI/c1-2-22-20(23-14-17-8-9-18(27-17)19(21)25)24-12-10-16(11-13-24)26-15-6-4-3-5-7-15;/h3-9,16H,2,10-14H2,1H3,(H2,21,25)(H,22,23);1H. The van der Waals surface area contributed by atoms with Gasteiger partial charge in [-0.25, -0.2) is 4.99 Å². The summed E-state index contributed by atoms with van der Waals surface area (Å²) in [5.74, 6) is 1.95. The van der Waals surface area contributed by atoms with E-state index in [2.05, 4.69) is 15.2 Å². The molecule has 1 aliphatic rings. The number of carbonyl (C=O) groups is 1. The molecule has 3 rings (SSSR count). The lowest BCUT2D eigenvalue weighted by atomic mass is 10.1. The Morgan fingerprint density at radius 1 is 1.25 bits per heavy atom. The van der Waals surface area contributed by atoms with Gasteiger partial charge in [-0.2, -0.15) is 0 Å². The van der Waals surface area contributed by atoms with Crippen molar-refractivity contribution in [3.8, 4) is 5.75 Å². The van der Waals surface area contributed by atoms with Crippen LogP contribution in [-0.2, 0) is 6.54 Å². The molecule has 3 N–H and O–H groups in total. The number of benzene rings is 1. The van der Waals surface area contributed by atoms with Crippen molar-refractivity contribution < 1.29 is 13.9 Å². The van der Waals surface area contributed by atoms with Gasteiger partial charge in [-0.1, -0.05) is 18.2 Å². The van der Waals surface area contributed by atoms with E-state index in [1.807, 2.05) is 37.3 Å². The van der Waals surface area contributed by atoms with E-state index in [9.17, 15) is 4.79 Å². The highest BCUT2D eigenvalue weighted by molar-refractivity contribution is 14.0. The molecule has 2 aromatic rings. The molecule has 0 bridgehead atoms. The minimum Gasteiger partial charge on any atom is -0.490 e. The van der Waals surface area contributed by atoms with Crippen molar-refractivity contribution in [1.29, 1.82) is 0 Å². The lowest BCUT2D eigenvalue weighted by Gasteiger charge is -2.34. The summed E-state index contributed by atoms with van der Waals surface area (Å²) in [7, 11) is 0. The van der Waals surface area contributed by atoms with Crippen LogP contribution in [0.25, 0.3) is 0 Å². The number of nitrogens with one attached hydrogen (secondary N) is 1. The second-order valence-corrected chi connectivity index (χ2v) is 6.42. The smallest absolute Gasteiger partial charge is 0.284 e. The van der Waals surface area contributed by atoms with E-state index >= 15 is 0 Å². The number of aliphatic imine (C=N–C) groups is 1. The van der Waals surface area contributed by atoms with Crippen LogP contribution in [0, 0.1) is 0 Å². The maximum Gasteiger partial charge on any atom is 0.284 e. The van der Waals surface area contributed by atoms with Crippen molar-refractivity contribution in [1.82, 2.24) is 10.2 Å². The van der Waals surface area contributed by atoms with Gasteiger partial charge in [0.25, 0.3) is 5.91 Å². The van der Waals surface area contributed by atoms with Gasteiger partial charge in [0.15, 0.2) is 11.7 Å². The average molecular weight is 498 g/mol. The number of piperidine rings is 1. The highest BCUT2D eigenvalue weighted by Crippen LogP contribution is 2.19. The fraction of sp³-hybridized carbons (Fsp3) is 0.400. The van der Waals surface area contributed by atoms with Crippen LogP contribution in [0.1, 0.15) is 36.1 Å². The van der Waals surface area contributed by atoms with Gasteiger partial charge in [0.1, 0.15) is 24.2 Å². The summed E-state index contributed by atoms with van der Waals surface area (Å²) in [6.07, 6.45) is 2.09. The number of likely N-dealkylation sites (tertiary alicyclic amines) is 1. The lowest BCUT2D eigenvalue weighted by Crippen LogP contribution is -2.47. The average Bonchev–Trinajstić information content (AvgIpc) is 3.16. The molecular weight excluding hydrogens is 471 g/mol. The van der Waals surface area contributed by atoms with E-state index in [0.29, 0.717) is 12.3 Å². The van der Waals surface area contributed by atoms with Crippen molar-refractivity contribution in [3.63, 3.8) is 0 Å². The summed E-state index contributed by atoms with van der Waals surface area (Å²) < 4.78 is 11.4. The van der Waals surface area contributed by atoms with Gasteiger partial charge in [0.2, 0.25) is 0 Å². The summed E-state index contributed by atoms with van der Waals surface area (Å²) in [5.41, 5.74) is 5.21. The molecule has 1 saturated heterocycles. The third-order valence-corrected chi connectivity index (χ3v) is 4.41. The molecule has 0 radical (unpaired) electrons. The Morgan fingerprint density at radius 2 is 1.96 bits per heavy atom. The highest BCUT2D eigenvalue weighted by Gasteiger charge is 2.22. The molecule has 1 aromatic carbocycles. The van der Waals surface area contributed by atoms with Gasteiger partial charge in [-0.05, 0) is 31.2 Å². The third-order valence-electron chi connectivity index (χ3n) is 4.41. The van der Waals surface area contributed by atoms with Crippen LogP contribution in [0.2, 0.25) is 0 Å². The first-order chi connectivity index (χ1) is 13.2. The molecule has 0 aliphatic carbocycles. The van der Waals surface area contributed by atoms with Crippen molar-refractivity contribution in [3.05, 3.63) is 54.0 Å². The number of hydrogen-bond acceptors (Lipinski definition) is 4. The molecule has 28 heavy (non-hydrogen) atoms. The Kier molecular flexibility index (Phi) is 8.62. The zero-order chi connectivity index (χ0) is 19.1. The molecule has 1 aliphatic heterocycles. The minimum atomic E-state index is -0.572. The molecule has 2 heterocycles. The molecule has 0 saturated carbocycles. The van der Waals surface area contributed by atoms with E-state index in [-0.39, 0.29) is 35.8 Å². The number of rotatable bonds is 6. The van der Waals surface area contributed by atoms with Gasteiger partial charge < -0.3 is 25.1 Å². The Morgan fingerprint density at radius 3 is 2.57 bits per heavy atom. The second kappa shape index (κ2) is 10.9. The number of amides is 1. The molecular formula is C20H27IN4O3.